The van der Waals surface area contributed by atoms with Crippen LogP contribution < -0.4 is 21.5 Å². The van der Waals surface area contributed by atoms with Gasteiger partial charge in [-0.05, 0) is 11.1 Å². The van der Waals surface area contributed by atoms with Gasteiger partial charge in [-0.1, -0.05) is 24.3 Å². The van der Waals surface area contributed by atoms with Crippen LogP contribution in [0.15, 0.2) is 30.6 Å². The quantitative estimate of drug-likeness (QED) is 0.173. The number of nitrogen functional groups attached to an aromatic ring is 1. The molecule has 196 valence electrons. The van der Waals surface area contributed by atoms with Crippen LogP contribution in [0.3, 0.4) is 0 Å². The third-order valence-corrected chi connectivity index (χ3v) is 4.76. The number of aromatic nitrogens is 4. The maximum atomic E-state index is 12.0. The van der Waals surface area contributed by atoms with Crippen molar-refractivity contribution in [3.63, 3.8) is 0 Å². The van der Waals surface area contributed by atoms with Crippen molar-refractivity contribution in [3.8, 4) is 5.88 Å². The Morgan fingerprint density at radius 2 is 1.53 bits per heavy atom. The number of anilines is 1. The number of H-pyrrole nitrogens is 1. The summed E-state index contributed by atoms with van der Waals surface area (Å²) in [6.07, 6.45) is 1.51. The summed E-state index contributed by atoms with van der Waals surface area (Å²) in [6, 6.07) is 7.66. The Morgan fingerprint density at radius 1 is 0.889 bits per heavy atom. The molecule has 0 aliphatic rings. The van der Waals surface area contributed by atoms with Gasteiger partial charge >= 0.3 is 0 Å². The van der Waals surface area contributed by atoms with Gasteiger partial charge in [0.1, 0.15) is 13.2 Å². The Hall–Kier alpha value is -3.36. The number of amides is 1. The predicted molar refractivity (Wildman–Crippen MR) is 131 cm³/mol. The number of aromatic amines is 1. The molecule has 13 heteroatoms. The van der Waals surface area contributed by atoms with E-state index in [2.05, 4.69) is 25.3 Å². The summed E-state index contributed by atoms with van der Waals surface area (Å²) in [5, 5.41) is 2.82. The van der Waals surface area contributed by atoms with E-state index in [-0.39, 0.29) is 25.1 Å². The number of nitrogens with two attached hydrogens (primary N) is 2. The Bertz CT molecular complexity index is 1050. The molecular formula is C23H33N7O6. The highest BCUT2D eigenvalue weighted by molar-refractivity contribution is 5.77. The summed E-state index contributed by atoms with van der Waals surface area (Å²) < 4.78 is 27.0. The Morgan fingerprint density at radius 3 is 2.22 bits per heavy atom. The van der Waals surface area contributed by atoms with E-state index in [9.17, 15) is 4.79 Å². The number of carbonyl (C=O) groups is 1. The van der Waals surface area contributed by atoms with Crippen LogP contribution in [0.2, 0.25) is 0 Å². The van der Waals surface area contributed by atoms with E-state index in [0.717, 1.165) is 11.1 Å². The largest absolute Gasteiger partial charge is 0.471 e. The number of ether oxygens (including phenoxy) is 5. The van der Waals surface area contributed by atoms with Crippen LogP contribution in [0.4, 0.5) is 5.95 Å². The van der Waals surface area contributed by atoms with Crippen molar-refractivity contribution in [2.45, 2.75) is 13.2 Å². The highest BCUT2D eigenvalue weighted by Crippen LogP contribution is 2.20. The van der Waals surface area contributed by atoms with Gasteiger partial charge < -0.3 is 45.5 Å². The van der Waals surface area contributed by atoms with Gasteiger partial charge in [-0.3, -0.25) is 4.79 Å². The zero-order chi connectivity index (χ0) is 25.4. The number of fused-ring (bicyclic) bond motifs is 1. The topological polar surface area (TPSA) is 182 Å². The molecule has 0 radical (unpaired) electrons. The van der Waals surface area contributed by atoms with Gasteiger partial charge in [0.05, 0.1) is 52.6 Å². The van der Waals surface area contributed by atoms with E-state index in [1.54, 1.807) is 0 Å². The fraction of sp³-hybridized carbons (Fsp3) is 0.478. The second kappa shape index (κ2) is 15.6. The van der Waals surface area contributed by atoms with Crippen LogP contribution in [-0.2, 0) is 36.9 Å². The molecule has 3 aromatic rings. The second-order valence-corrected chi connectivity index (χ2v) is 7.55. The van der Waals surface area contributed by atoms with Crippen molar-refractivity contribution in [2.24, 2.45) is 5.73 Å². The minimum atomic E-state index is -0.201. The summed E-state index contributed by atoms with van der Waals surface area (Å²) in [5.41, 5.74) is 13.9. The molecule has 0 saturated carbocycles. The molecule has 0 spiro atoms. The van der Waals surface area contributed by atoms with E-state index in [1.807, 2.05) is 24.3 Å². The van der Waals surface area contributed by atoms with Crippen LogP contribution in [0.5, 0.6) is 5.88 Å². The zero-order valence-corrected chi connectivity index (χ0v) is 20.1. The molecular weight excluding hydrogens is 470 g/mol. The van der Waals surface area contributed by atoms with Gasteiger partial charge in [-0.25, -0.2) is 4.98 Å². The zero-order valence-electron chi connectivity index (χ0n) is 20.1. The molecule has 0 saturated heterocycles. The molecule has 0 atom stereocenters. The molecule has 1 amide bonds. The highest BCUT2D eigenvalue weighted by atomic mass is 16.6. The molecule has 0 aliphatic heterocycles. The molecule has 13 nitrogen and oxygen atoms in total. The standard InChI is InChI=1S/C23H33N7O6/c24-5-6-32-7-8-33-9-10-34-11-12-35-15-19(31)26-13-17-1-3-18(4-2-17)14-36-22-20-21(28-16-27-20)29-23(25)30-22/h1-4,16H,5-15,24H2,(H,26,31)(H3,25,27,28,29,30). The highest BCUT2D eigenvalue weighted by Gasteiger charge is 2.10. The second-order valence-electron chi connectivity index (χ2n) is 7.55. The SMILES string of the molecule is NCCOCCOCCOCCOCC(=O)NCc1ccc(COc2nc(N)nc3[nH]cnc23)cc1. The molecule has 1 aromatic carbocycles. The predicted octanol–water partition coefficient (Wildman–Crippen LogP) is 0.155. The fourth-order valence-electron chi connectivity index (χ4n) is 2.99. The maximum Gasteiger partial charge on any atom is 0.247 e. The normalized spacial score (nSPS) is 11.1. The first kappa shape index (κ1) is 27.2. The summed E-state index contributed by atoms with van der Waals surface area (Å²) >= 11 is 0. The summed E-state index contributed by atoms with van der Waals surface area (Å²) in [6.45, 7) is 4.34. The van der Waals surface area contributed by atoms with Gasteiger partial charge in [-0.2, -0.15) is 9.97 Å². The Balaban J connectivity index is 1.23. The number of carbonyl (C=O) groups excluding carboxylic acids is 1. The lowest BCUT2D eigenvalue weighted by atomic mass is 10.1. The summed E-state index contributed by atoms with van der Waals surface area (Å²) in [7, 11) is 0. The fourth-order valence-corrected chi connectivity index (χ4v) is 2.99. The monoisotopic (exact) mass is 503 g/mol. The van der Waals surface area contributed by atoms with E-state index in [0.29, 0.717) is 76.4 Å². The van der Waals surface area contributed by atoms with Crippen molar-refractivity contribution in [1.29, 1.82) is 0 Å². The average molecular weight is 504 g/mol. The smallest absolute Gasteiger partial charge is 0.247 e. The Kier molecular flexibility index (Phi) is 11.8. The third-order valence-electron chi connectivity index (χ3n) is 4.76. The van der Waals surface area contributed by atoms with Gasteiger partial charge in [0.2, 0.25) is 17.7 Å². The van der Waals surface area contributed by atoms with Crippen LogP contribution in [0, 0.1) is 0 Å². The van der Waals surface area contributed by atoms with Crippen molar-refractivity contribution in [2.75, 3.05) is 65.1 Å². The number of nitrogens with zero attached hydrogens (tertiary/aromatic N) is 3. The average Bonchev–Trinajstić information content (AvgIpc) is 3.36. The van der Waals surface area contributed by atoms with E-state index in [4.69, 9.17) is 35.2 Å². The van der Waals surface area contributed by atoms with Gasteiger partial charge in [-0.15, -0.1) is 0 Å². The lowest BCUT2D eigenvalue weighted by molar-refractivity contribution is -0.126. The Labute approximate surface area is 208 Å². The van der Waals surface area contributed by atoms with Gasteiger partial charge in [0.25, 0.3) is 0 Å². The number of hydrogen-bond acceptors (Lipinski definition) is 11. The van der Waals surface area contributed by atoms with Crippen molar-refractivity contribution >= 4 is 23.0 Å². The molecule has 2 aromatic heterocycles. The van der Waals surface area contributed by atoms with E-state index < -0.39 is 0 Å². The molecule has 6 N–H and O–H groups in total. The van der Waals surface area contributed by atoms with E-state index in [1.165, 1.54) is 6.33 Å². The maximum absolute atomic E-state index is 12.0. The van der Waals surface area contributed by atoms with E-state index >= 15 is 0 Å². The van der Waals surface area contributed by atoms with Gasteiger partial charge in [0, 0.05) is 13.1 Å². The minimum absolute atomic E-state index is 0.0337. The summed E-state index contributed by atoms with van der Waals surface area (Å²) in [4.78, 5) is 27.2. The number of rotatable bonds is 18. The summed E-state index contributed by atoms with van der Waals surface area (Å²) in [5.74, 6) is 0.223. The van der Waals surface area contributed by atoms with Crippen molar-refractivity contribution < 1.29 is 28.5 Å². The van der Waals surface area contributed by atoms with Crippen LogP contribution in [0.25, 0.3) is 11.2 Å². The molecule has 0 aliphatic carbocycles. The van der Waals surface area contributed by atoms with Gasteiger partial charge in [0.15, 0.2) is 11.2 Å². The minimum Gasteiger partial charge on any atom is -0.471 e. The van der Waals surface area contributed by atoms with Crippen LogP contribution in [0.1, 0.15) is 11.1 Å². The molecule has 3 rings (SSSR count). The number of imidazole rings is 1. The van der Waals surface area contributed by atoms with Crippen molar-refractivity contribution in [1.82, 2.24) is 25.3 Å². The van der Waals surface area contributed by atoms with Crippen LogP contribution in [-0.4, -0.2) is 85.2 Å². The lowest BCUT2D eigenvalue weighted by Crippen LogP contribution is -2.27. The number of hydrogen-bond donors (Lipinski definition) is 4. The first-order valence-electron chi connectivity index (χ1n) is 11.6. The van der Waals surface area contributed by atoms with Crippen LogP contribution >= 0.6 is 0 Å². The molecule has 0 fully saturated rings. The number of benzene rings is 1. The lowest BCUT2D eigenvalue weighted by Gasteiger charge is -2.09. The first-order chi connectivity index (χ1) is 17.7. The number of nitrogens with one attached hydrogen (secondary N) is 2. The molecule has 36 heavy (non-hydrogen) atoms. The molecule has 0 unspecified atom stereocenters. The first-order valence-corrected chi connectivity index (χ1v) is 11.6. The molecule has 0 bridgehead atoms. The molecule has 2 heterocycles. The van der Waals surface area contributed by atoms with Crippen molar-refractivity contribution in [3.05, 3.63) is 41.7 Å². The third kappa shape index (κ3) is 9.71.